The van der Waals surface area contributed by atoms with Gasteiger partial charge in [-0.05, 0) is 43.7 Å². The summed E-state index contributed by atoms with van der Waals surface area (Å²) in [5, 5.41) is 3.46. The molecule has 0 aliphatic heterocycles. The van der Waals surface area contributed by atoms with Crippen LogP contribution in [0.1, 0.15) is 26.7 Å². The number of rotatable bonds is 8. The van der Waals surface area contributed by atoms with E-state index in [2.05, 4.69) is 19.2 Å². The molecule has 0 amide bonds. The van der Waals surface area contributed by atoms with Crippen LogP contribution in [0, 0.1) is 0 Å². The van der Waals surface area contributed by atoms with Crippen molar-refractivity contribution >= 4 is 0 Å². The first-order valence-corrected chi connectivity index (χ1v) is 6.30. The Kier molecular flexibility index (Phi) is 6.48. The van der Waals surface area contributed by atoms with E-state index in [-0.39, 0.29) is 0 Å². The lowest BCUT2D eigenvalue weighted by atomic mass is 10.2. The molecule has 1 aromatic rings. The largest absolute Gasteiger partial charge is 0.497 e. The average Bonchev–Trinajstić information content (AvgIpc) is 2.39. The lowest BCUT2D eigenvalue weighted by Gasteiger charge is -2.17. The highest BCUT2D eigenvalue weighted by Gasteiger charge is 2.05. The van der Waals surface area contributed by atoms with Gasteiger partial charge in [0.25, 0.3) is 0 Å². The molecular formula is C14H23NO2. The molecule has 0 radical (unpaired) electrons. The SMILES string of the molecule is CCCNC(CC)COc1ccc(OC)cc1. The van der Waals surface area contributed by atoms with Crippen molar-refractivity contribution in [1.82, 2.24) is 5.32 Å². The van der Waals surface area contributed by atoms with Crippen molar-refractivity contribution in [1.29, 1.82) is 0 Å². The summed E-state index contributed by atoms with van der Waals surface area (Å²) in [5.74, 6) is 1.75. The summed E-state index contributed by atoms with van der Waals surface area (Å²) in [6.45, 7) is 6.10. The van der Waals surface area contributed by atoms with Gasteiger partial charge in [-0.2, -0.15) is 0 Å². The Morgan fingerprint density at radius 3 is 2.29 bits per heavy atom. The summed E-state index contributed by atoms with van der Waals surface area (Å²) in [6.07, 6.45) is 2.23. The number of hydrogen-bond donors (Lipinski definition) is 1. The third-order valence-electron chi connectivity index (χ3n) is 2.69. The monoisotopic (exact) mass is 237 g/mol. The number of ether oxygens (including phenoxy) is 2. The van der Waals surface area contributed by atoms with Crippen molar-refractivity contribution in [2.75, 3.05) is 20.3 Å². The van der Waals surface area contributed by atoms with E-state index in [4.69, 9.17) is 9.47 Å². The maximum atomic E-state index is 5.74. The fourth-order valence-corrected chi connectivity index (χ4v) is 1.54. The minimum absolute atomic E-state index is 0.428. The normalized spacial score (nSPS) is 12.2. The molecule has 0 bridgehead atoms. The highest BCUT2D eigenvalue weighted by atomic mass is 16.5. The zero-order chi connectivity index (χ0) is 12.5. The van der Waals surface area contributed by atoms with Crippen LogP contribution in [0.3, 0.4) is 0 Å². The lowest BCUT2D eigenvalue weighted by molar-refractivity contribution is 0.260. The molecule has 3 nitrogen and oxygen atoms in total. The van der Waals surface area contributed by atoms with E-state index in [0.717, 1.165) is 30.9 Å². The molecule has 0 aliphatic carbocycles. The van der Waals surface area contributed by atoms with Crippen molar-refractivity contribution < 1.29 is 9.47 Å². The van der Waals surface area contributed by atoms with E-state index < -0.39 is 0 Å². The average molecular weight is 237 g/mol. The topological polar surface area (TPSA) is 30.5 Å². The van der Waals surface area contributed by atoms with Crippen LogP contribution in [0.5, 0.6) is 11.5 Å². The van der Waals surface area contributed by atoms with Gasteiger partial charge in [0.2, 0.25) is 0 Å². The van der Waals surface area contributed by atoms with Gasteiger partial charge in [0.15, 0.2) is 0 Å². The lowest BCUT2D eigenvalue weighted by Crippen LogP contribution is -2.34. The molecule has 0 aliphatic rings. The van der Waals surface area contributed by atoms with E-state index in [1.165, 1.54) is 0 Å². The van der Waals surface area contributed by atoms with Crippen molar-refractivity contribution in [3.8, 4) is 11.5 Å². The Balaban J connectivity index is 2.36. The molecule has 0 saturated heterocycles. The van der Waals surface area contributed by atoms with Crippen LogP contribution in [0.25, 0.3) is 0 Å². The summed E-state index contributed by atoms with van der Waals surface area (Å²) in [4.78, 5) is 0. The van der Waals surface area contributed by atoms with E-state index in [0.29, 0.717) is 12.6 Å². The first-order valence-electron chi connectivity index (χ1n) is 6.30. The van der Waals surface area contributed by atoms with E-state index >= 15 is 0 Å². The molecule has 1 atom stereocenters. The Morgan fingerprint density at radius 2 is 1.76 bits per heavy atom. The minimum atomic E-state index is 0.428. The summed E-state index contributed by atoms with van der Waals surface area (Å²) in [6, 6.07) is 8.12. The second kappa shape index (κ2) is 7.96. The van der Waals surface area contributed by atoms with Gasteiger partial charge in [0, 0.05) is 6.04 Å². The molecule has 0 spiro atoms. The van der Waals surface area contributed by atoms with Crippen molar-refractivity contribution in [3.05, 3.63) is 24.3 Å². The van der Waals surface area contributed by atoms with Gasteiger partial charge in [-0.1, -0.05) is 13.8 Å². The smallest absolute Gasteiger partial charge is 0.119 e. The maximum Gasteiger partial charge on any atom is 0.119 e. The van der Waals surface area contributed by atoms with Gasteiger partial charge in [-0.25, -0.2) is 0 Å². The molecule has 0 saturated carbocycles. The van der Waals surface area contributed by atoms with Crippen LogP contribution in [0.4, 0.5) is 0 Å². The van der Waals surface area contributed by atoms with Crippen LogP contribution in [0.2, 0.25) is 0 Å². The summed E-state index contributed by atoms with van der Waals surface area (Å²) in [7, 11) is 1.66. The molecule has 0 aromatic heterocycles. The van der Waals surface area contributed by atoms with Gasteiger partial charge in [0.05, 0.1) is 7.11 Å². The van der Waals surface area contributed by atoms with Crippen LogP contribution in [-0.2, 0) is 0 Å². The Bertz CT molecular complexity index is 298. The summed E-state index contributed by atoms with van der Waals surface area (Å²) < 4.78 is 10.8. The number of hydrogen-bond acceptors (Lipinski definition) is 3. The van der Waals surface area contributed by atoms with Gasteiger partial charge >= 0.3 is 0 Å². The standard InChI is InChI=1S/C14H23NO2/c1-4-10-15-12(5-2)11-17-14-8-6-13(16-3)7-9-14/h6-9,12,15H,4-5,10-11H2,1-3H3. The van der Waals surface area contributed by atoms with E-state index in [1.807, 2.05) is 24.3 Å². The van der Waals surface area contributed by atoms with E-state index in [1.54, 1.807) is 7.11 Å². The Hall–Kier alpha value is -1.22. The van der Waals surface area contributed by atoms with Gasteiger partial charge in [0.1, 0.15) is 18.1 Å². The molecule has 1 N–H and O–H groups in total. The van der Waals surface area contributed by atoms with Crippen molar-refractivity contribution in [2.24, 2.45) is 0 Å². The van der Waals surface area contributed by atoms with Crippen LogP contribution < -0.4 is 14.8 Å². The summed E-state index contributed by atoms with van der Waals surface area (Å²) in [5.41, 5.74) is 0. The second-order valence-corrected chi connectivity index (χ2v) is 4.05. The molecule has 1 unspecified atom stereocenters. The second-order valence-electron chi connectivity index (χ2n) is 4.05. The third-order valence-corrected chi connectivity index (χ3v) is 2.69. The minimum Gasteiger partial charge on any atom is -0.497 e. The van der Waals surface area contributed by atoms with Crippen LogP contribution in [0.15, 0.2) is 24.3 Å². The highest BCUT2D eigenvalue weighted by molar-refractivity contribution is 5.31. The maximum absolute atomic E-state index is 5.74. The molecule has 1 aromatic carbocycles. The fraction of sp³-hybridized carbons (Fsp3) is 0.571. The van der Waals surface area contributed by atoms with Gasteiger partial charge in [-0.15, -0.1) is 0 Å². The Morgan fingerprint density at radius 1 is 1.12 bits per heavy atom. The summed E-state index contributed by atoms with van der Waals surface area (Å²) >= 11 is 0. The Labute approximate surface area is 104 Å². The molecule has 3 heteroatoms. The number of nitrogens with one attached hydrogen (secondary N) is 1. The quantitative estimate of drug-likeness (QED) is 0.754. The van der Waals surface area contributed by atoms with Gasteiger partial charge in [-0.3, -0.25) is 0 Å². The predicted molar refractivity (Wildman–Crippen MR) is 70.9 cm³/mol. The van der Waals surface area contributed by atoms with Crippen molar-refractivity contribution in [2.45, 2.75) is 32.7 Å². The fourth-order valence-electron chi connectivity index (χ4n) is 1.54. The molecular weight excluding hydrogens is 214 g/mol. The first kappa shape index (κ1) is 13.8. The number of methoxy groups -OCH3 is 1. The number of benzene rings is 1. The zero-order valence-corrected chi connectivity index (χ0v) is 11.0. The molecule has 1 rings (SSSR count). The molecule has 96 valence electrons. The molecule has 0 heterocycles. The van der Waals surface area contributed by atoms with E-state index in [9.17, 15) is 0 Å². The van der Waals surface area contributed by atoms with Crippen molar-refractivity contribution in [3.63, 3.8) is 0 Å². The van der Waals surface area contributed by atoms with Gasteiger partial charge < -0.3 is 14.8 Å². The highest BCUT2D eigenvalue weighted by Crippen LogP contribution is 2.17. The molecule has 17 heavy (non-hydrogen) atoms. The third kappa shape index (κ3) is 5.09. The molecule has 0 fully saturated rings. The van der Waals surface area contributed by atoms with Crippen LogP contribution >= 0.6 is 0 Å². The first-order chi connectivity index (χ1) is 8.30. The van der Waals surface area contributed by atoms with Crippen LogP contribution in [-0.4, -0.2) is 26.3 Å². The zero-order valence-electron chi connectivity index (χ0n) is 11.0. The predicted octanol–water partition coefficient (Wildman–Crippen LogP) is 2.85.